The Hall–Kier alpha value is -4.62. The summed E-state index contributed by atoms with van der Waals surface area (Å²) in [5.41, 5.74) is 1.90. The summed E-state index contributed by atoms with van der Waals surface area (Å²) in [5.74, 6) is -2.29. The van der Waals surface area contributed by atoms with Crippen LogP contribution in [-0.2, 0) is 4.79 Å². The Morgan fingerprint density at radius 2 is 1.91 bits per heavy atom. The first-order valence-corrected chi connectivity index (χ1v) is 14.4. The van der Waals surface area contributed by atoms with Gasteiger partial charge >= 0.3 is 0 Å². The van der Waals surface area contributed by atoms with Crippen LogP contribution in [-0.4, -0.2) is 81.6 Å². The zero-order valence-corrected chi connectivity index (χ0v) is 24.4. The summed E-state index contributed by atoms with van der Waals surface area (Å²) in [6, 6.07) is 8.15. The molecule has 6 rings (SSSR count). The Labute approximate surface area is 252 Å². The first-order valence-electron chi connectivity index (χ1n) is 14.4. The molecule has 0 aliphatic carbocycles. The van der Waals surface area contributed by atoms with Crippen molar-refractivity contribution in [3.8, 4) is 17.0 Å². The number of carbonyl (C=O) groups excluding carboxylic acids is 2. The number of aryl methyl sites for hydroxylation is 1. The summed E-state index contributed by atoms with van der Waals surface area (Å²) >= 11 is 0. The number of ether oxygens (including phenoxy) is 1. The average molecular weight is 606 g/mol. The molecular weight excluding hydrogens is 572 g/mol. The summed E-state index contributed by atoms with van der Waals surface area (Å²) in [4.78, 5) is 36.5. The normalized spacial score (nSPS) is 16.4. The van der Waals surface area contributed by atoms with Crippen molar-refractivity contribution < 1.29 is 28.2 Å². The van der Waals surface area contributed by atoms with E-state index in [1.54, 1.807) is 27.6 Å². The molecule has 2 fully saturated rings. The smallest absolute Gasteiger partial charge is 0.254 e. The molecule has 44 heavy (non-hydrogen) atoms. The van der Waals surface area contributed by atoms with Gasteiger partial charge in [-0.3, -0.25) is 14.0 Å². The molecule has 230 valence electrons. The highest BCUT2D eigenvalue weighted by atomic mass is 19.2. The van der Waals surface area contributed by atoms with Crippen molar-refractivity contribution in [3.05, 3.63) is 71.7 Å². The van der Waals surface area contributed by atoms with Crippen LogP contribution in [0.2, 0.25) is 0 Å². The lowest BCUT2D eigenvalue weighted by Gasteiger charge is -2.38. The van der Waals surface area contributed by atoms with Gasteiger partial charge in [-0.15, -0.1) is 0 Å². The number of aliphatic hydroxyl groups is 1. The van der Waals surface area contributed by atoms with Gasteiger partial charge < -0.3 is 30.7 Å². The minimum atomic E-state index is -1.08. The molecule has 0 spiro atoms. The van der Waals surface area contributed by atoms with Crippen molar-refractivity contribution in [2.45, 2.75) is 25.4 Å². The van der Waals surface area contributed by atoms with Crippen LogP contribution in [0, 0.1) is 24.5 Å². The first-order chi connectivity index (χ1) is 21.2. The van der Waals surface area contributed by atoms with Crippen LogP contribution in [0.3, 0.4) is 0 Å². The lowest BCUT2D eigenvalue weighted by molar-refractivity contribution is -0.128. The molecule has 11 nitrogen and oxygen atoms in total. The van der Waals surface area contributed by atoms with E-state index in [0.29, 0.717) is 67.4 Å². The first kappa shape index (κ1) is 29.5. The van der Waals surface area contributed by atoms with Crippen LogP contribution in [0.4, 0.5) is 20.3 Å². The number of amides is 2. The minimum Gasteiger partial charge on any atom is -0.494 e. The average Bonchev–Trinajstić information content (AvgIpc) is 3.45. The summed E-state index contributed by atoms with van der Waals surface area (Å²) in [6.07, 6.45) is 5.70. The van der Waals surface area contributed by atoms with E-state index in [9.17, 15) is 23.5 Å². The van der Waals surface area contributed by atoms with Crippen LogP contribution < -0.4 is 20.7 Å². The number of piperidine rings is 1. The van der Waals surface area contributed by atoms with E-state index in [2.05, 4.69) is 25.9 Å². The summed E-state index contributed by atoms with van der Waals surface area (Å²) in [7, 11) is 1.27. The van der Waals surface area contributed by atoms with E-state index in [1.165, 1.54) is 31.6 Å². The number of carbonyl (C=O) groups is 2. The standard InChI is InChI=1S/C31H33F2N7O4/c1-18-13-20(3-4-21(18)30(42)39-10-7-19(8-11-39)29(41)37-17-31(43)15-34-16-31)38-27-28-36-14-23(40(28)12-9-35-27)22-5-6-24(44-2)26(33)25(22)32/h3-6,9,12-14,19,34,43H,7-8,10-11,15-17H2,1-2H3,(H,35,38)(H,37,41). The van der Waals surface area contributed by atoms with Gasteiger partial charge in [0.25, 0.3) is 5.91 Å². The maximum atomic E-state index is 14.8. The van der Waals surface area contributed by atoms with Crippen LogP contribution in [0.5, 0.6) is 5.75 Å². The molecule has 0 unspecified atom stereocenters. The number of nitrogens with zero attached hydrogens (tertiary/aromatic N) is 4. The van der Waals surface area contributed by atoms with Crippen molar-refractivity contribution in [1.82, 2.24) is 29.9 Å². The summed E-state index contributed by atoms with van der Waals surface area (Å²) in [5, 5.41) is 19.2. The molecule has 2 amide bonds. The highest BCUT2D eigenvalue weighted by molar-refractivity contribution is 5.96. The fourth-order valence-electron chi connectivity index (χ4n) is 5.66. The molecule has 4 heterocycles. The molecule has 0 radical (unpaired) electrons. The SMILES string of the molecule is COc1ccc(-c2cnc3c(Nc4ccc(C(=O)N5CCC(C(=O)NCC6(O)CNC6)CC5)c(C)c4)nccn23)c(F)c1F. The third-order valence-electron chi connectivity index (χ3n) is 8.34. The van der Waals surface area contributed by atoms with Crippen LogP contribution in [0.25, 0.3) is 16.9 Å². The molecule has 2 aromatic heterocycles. The van der Waals surface area contributed by atoms with Gasteiger partial charge in [0.1, 0.15) is 5.60 Å². The Bertz CT molecular complexity index is 1730. The number of anilines is 2. The molecular formula is C31H33F2N7O4. The lowest BCUT2D eigenvalue weighted by atomic mass is 9.93. The quantitative estimate of drug-likeness (QED) is 0.241. The number of nitrogens with one attached hydrogen (secondary N) is 3. The van der Waals surface area contributed by atoms with Gasteiger partial charge in [0, 0.05) is 67.8 Å². The third-order valence-corrected chi connectivity index (χ3v) is 8.34. The van der Waals surface area contributed by atoms with Crippen molar-refractivity contribution in [3.63, 3.8) is 0 Å². The second-order valence-electron chi connectivity index (χ2n) is 11.3. The van der Waals surface area contributed by atoms with Gasteiger partial charge in [-0.1, -0.05) is 0 Å². The molecule has 13 heteroatoms. The molecule has 0 saturated carbocycles. The predicted octanol–water partition coefficient (Wildman–Crippen LogP) is 3.04. The third kappa shape index (κ3) is 5.55. The topological polar surface area (TPSA) is 133 Å². The van der Waals surface area contributed by atoms with Gasteiger partial charge in [0.05, 0.1) is 19.0 Å². The Morgan fingerprint density at radius 3 is 2.59 bits per heavy atom. The highest BCUT2D eigenvalue weighted by Crippen LogP contribution is 2.32. The summed E-state index contributed by atoms with van der Waals surface area (Å²) in [6.45, 7) is 3.95. The number of fused-ring (bicyclic) bond motifs is 1. The van der Waals surface area contributed by atoms with E-state index < -0.39 is 17.2 Å². The fraction of sp³-hybridized carbons (Fsp3) is 0.355. The van der Waals surface area contributed by atoms with Gasteiger partial charge in [0.2, 0.25) is 11.7 Å². The number of hydrogen-bond acceptors (Lipinski definition) is 8. The van der Waals surface area contributed by atoms with E-state index in [-0.39, 0.29) is 35.6 Å². The van der Waals surface area contributed by atoms with E-state index in [4.69, 9.17) is 4.74 Å². The number of imidazole rings is 1. The van der Waals surface area contributed by atoms with E-state index in [1.807, 2.05) is 13.0 Å². The highest BCUT2D eigenvalue weighted by Gasteiger charge is 2.36. The Morgan fingerprint density at radius 1 is 1.14 bits per heavy atom. The van der Waals surface area contributed by atoms with E-state index >= 15 is 0 Å². The molecule has 4 aromatic rings. The molecule has 2 saturated heterocycles. The van der Waals surface area contributed by atoms with Crippen molar-refractivity contribution in [2.24, 2.45) is 5.92 Å². The largest absolute Gasteiger partial charge is 0.494 e. The molecule has 2 aliphatic rings. The van der Waals surface area contributed by atoms with Crippen molar-refractivity contribution in [1.29, 1.82) is 0 Å². The zero-order valence-electron chi connectivity index (χ0n) is 24.4. The molecule has 0 bridgehead atoms. The number of methoxy groups -OCH3 is 1. The molecule has 0 atom stereocenters. The second kappa shape index (κ2) is 11.8. The Balaban J connectivity index is 1.12. The van der Waals surface area contributed by atoms with Gasteiger partial charge in [-0.2, -0.15) is 4.39 Å². The van der Waals surface area contributed by atoms with Crippen LogP contribution in [0.15, 0.2) is 48.9 Å². The number of rotatable bonds is 8. The molecule has 2 aliphatic heterocycles. The summed E-state index contributed by atoms with van der Waals surface area (Å²) < 4.78 is 35.7. The Kier molecular flexibility index (Phi) is 7.91. The molecule has 4 N–H and O–H groups in total. The van der Waals surface area contributed by atoms with Gasteiger partial charge in [-0.25, -0.2) is 14.4 Å². The van der Waals surface area contributed by atoms with E-state index in [0.717, 1.165) is 5.56 Å². The van der Waals surface area contributed by atoms with Gasteiger partial charge in [-0.05, 0) is 55.7 Å². The van der Waals surface area contributed by atoms with Crippen LogP contribution >= 0.6 is 0 Å². The lowest BCUT2D eigenvalue weighted by Crippen LogP contribution is -2.64. The minimum absolute atomic E-state index is 0.0288. The second-order valence-corrected chi connectivity index (χ2v) is 11.3. The number of β-amino-alcohol motifs (C(OH)–C–C–N with tert-alkyl or cyclic N) is 1. The number of aromatic nitrogens is 3. The van der Waals surface area contributed by atoms with Crippen molar-refractivity contribution in [2.75, 3.05) is 45.2 Å². The number of halogens is 2. The number of likely N-dealkylation sites (tertiary alicyclic amines) is 1. The van der Waals surface area contributed by atoms with Gasteiger partial charge in [0.15, 0.2) is 23.0 Å². The predicted molar refractivity (Wildman–Crippen MR) is 159 cm³/mol. The maximum absolute atomic E-state index is 14.8. The monoisotopic (exact) mass is 605 g/mol. The fourth-order valence-corrected chi connectivity index (χ4v) is 5.66. The number of benzene rings is 2. The molecule has 2 aromatic carbocycles. The maximum Gasteiger partial charge on any atom is 0.254 e. The van der Waals surface area contributed by atoms with Crippen molar-refractivity contribution >= 4 is 29.0 Å². The zero-order chi connectivity index (χ0) is 31.0. The number of hydrogen-bond donors (Lipinski definition) is 4. The van der Waals surface area contributed by atoms with Crippen LogP contribution in [0.1, 0.15) is 28.8 Å².